The summed E-state index contributed by atoms with van der Waals surface area (Å²) in [5, 5.41) is 25.6. The highest BCUT2D eigenvalue weighted by atomic mass is 35.5. The molecule has 0 saturated heterocycles. The molecular weight excluding hydrogens is 160 g/mol. The quantitative estimate of drug-likeness (QED) is 0.528. The van der Waals surface area contributed by atoms with Crippen LogP contribution in [0.3, 0.4) is 0 Å². The third-order valence-electron chi connectivity index (χ3n) is 1.25. The highest BCUT2D eigenvalue weighted by Gasteiger charge is 2.35. The lowest BCUT2D eigenvalue weighted by Crippen LogP contribution is -2.44. The average molecular weight is 171 g/mol. The highest BCUT2D eigenvalue weighted by Crippen LogP contribution is 2.08. The first-order chi connectivity index (χ1) is 3.89. The first-order valence-electron chi connectivity index (χ1n) is 2.53. The van der Waals surface area contributed by atoms with E-state index in [0.29, 0.717) is 0 Å². The van der Waals surface area contributed by atoms with Crippen molar-refractivity contribution in [1.29, 1.82) is 0 Å². The van der Waals surface area contributed by atoms with Crippen LogP contribution in [0.25, 0.3) is 0 Å². The number of aliphatic carboxylic acids is 1. The van der Waals surface area contributed by atoms with Crippen LogP contribution >= 0.6 is 12.4 Å². The number of carboxylic acids is 1. The normalized spacial score (nSPS) is 18.4. The van der Waals surface area contributed by atoms with Gasteiger partial charge in [-0.15, -0.1) is 12.4 Å². The van der Waals surface area contributed by atoms with Gasteiger partial charge >= 0.3 is 5.97 Å². The van der Waals surface area contributed by atoms with Crippen LogP contribution in [0.1, 0.15) is 13.8 Å². The van der Waals surface area contributed by atoms with Crippen molar-refractivity contribution in [1.82, 2.24) is 0 Å². The monoisotopic (exact) mass is 170 g/mol. The lowest BCUT2D eigenvalue weighted by atomic mass is 10.0. The van der Waals surface area contributed by atoms with E-state index >= 15 is 0 Å². The van der Waals surface area contributed by atoms with Crippen LogP contribution in [0.2, 0.25) is 0 Å². The van der Waals surface area contributed by atoms with Crippen molar-refractivity contribution in [3.05, 3.63) is 0 Å². The van der Waals surface area contributed by atoms with Crippen molar-refractivity contribution >= 4 is 18.4 Å². The first kappa shape index (κ1) is 12.4. The Balaban J connectivity index is 0. The Morgan fingerprint density at radius 1 is 1.60 bits per heavy atom. The van der Waals surface area contributed by atoms with Crippen molar-refractivity contribution in [3.8, 4) is 0 Å². The molecule has 0 aromatic heterocycles. The molecule has 0 aromatic carbocycles. The summed E-state index contributed by atoms with van der Waals surface area (Å²) in [6.45, 7) is 2.26. The molecule has 0 heterocycles. The van der Waals surface area contributed by atoms with Gasteiger partial charge in [0, 0.05) is 0 Å². The van der Waals surface area contributed by atoms with Gasteiger partial charge in [0.1, 0.15) is 0 Å². The Hall–Kier alpha value is -0.320. The van der Waals surface area contributed by atoms with E-state index in [9.17, 15) is 4.79 Å². The van der Waals surface area contributed by atoms with Crippen LogP contribution in [0, 0.1) is 0 Å². The molecule has 62 valence electrons. The van der Waals surface area contributed by atoms with E-state index < -0.39 is 17.7 Å². The molecule has 0 aliphatic rings. The Morgan fingerprint density at radius 2 is 1.90 bits per heavy atom. The fourth-order valence-corrected chi connectivity index (χ4v) is 0.179. The molecule has 4 nitrogen and oxygen atoms in total. The molecule has 2 unspecified atom stereocenters. The predicted molar refractivity (Wildman–Crippen MR) is 37.2 cm³/mol. The molecule has 0 bridgehead atoms. The number of carbonyl (C=O) groups is 1. The molecule has 3 N–H and O–H groups in total. The van der Waals surface area contributed by atoms with E-state index in [0.717, 1.165) is 6.92 Å². The number of rotatable bonds is 2. The zero-order valence-electron chi connectivity index (χ0n) is 5.74. The topological polar surface area (TPSA) is 77.8 Å². The van der Waals surface area contributed by atoms with Crippen molar-refractivity contribution in [2.75, 3.05) is 0 Å². The Labute approximate surface area is 64.9 Å². The maximum absolute atomic E-state index is 10.1. The molecule has 0 aliphatic heterocycles. The lowest BCUT2D eigenvalue weighted by Gasteiger charge is -2.20. The minimum atomic E-state index is -2.03. The minimum Gasteiger partial charge on any atom is -0.479 e. The smallest absolute Gasteiger partial charge is 0.338 e. The molecule has 0 rings (SSSR count). The van der Waals surface area contributed by atoms with Gasteiger partial charge in [-0.2, -0.15) is 0 Å². The number of hydrogen-bond donors (Lipinski definition) is 3. The SMILES string of the molecule is CC(O)C(C)(O)C(=O)O.Cl. The van der Waals surface area contributed by atoms with E-state index in [-0.39, 0.29) is 12.4 Å². The van der Waals surface area contributed by atoms with Crippen molar-refractivity contribution in [2.45, 2.75) is 25.6 Å². The maximum atomic E-state index is 10.1. The number of aliphatic hydroxyl groups is 2. The summed E-state index contributed by atoms with van der Waals surface area (Å²) in [5.41, 5.74) is -2.03. The Morgan fingerprint density at radius 3 is 1.90 bits per heavy atom. The van der Waals surface area contributed by atoms with Crippen LogP contribution in [-0.4, -0.2) is 33.0 Å². The predicted octanol–water partition coefficient (Wildman–Crippen LogP) is -0.375. The van der Waals surface area contributed by atoms with Crippen molar-refractivity contribution in [2.24, 2.45) is 0 Å². The van der Waals surface area contributed by atoms with Crippen LogP contribution in [0.4, 0.5) is 0 Å². The summed E-state index contributed by atoms with van der Waals surface area (Å²) in [5.74, 6) is -1.42. The zero-order chi connectivity index (χ0) is 7.65. The Kier molecular flexibility index (Phi) is 4.64. The van der Waals surface area contributed by atoms with Crippen molar-refractivity contribution < 1.29 is 20.1 Å². The first-order valence-corrected chi connectivity index (χ1v) is 2.53. The molecule has 0 aromatic rings. The fraction of sp³-hybridized carbons (Fsp3) is 0.800. The largest absolute Gasteiger partial charge is 0.479 e. The molecule has 0 saturated carbocycles. The third kappa shape index (κ3) is 2.51. The molecule has 0 spiro atoms. The van der Waals surface area contributed by atoms with Crippen LogP contribution in [-0.2, 0) is 4.79 Å². The summed E-state index contributed by atoms with van der Waals surface area (Å²) in [6.07, 6.45) is -1.25. The lowest BCUT2D eigenvalue weighted by molar-refractivity contribution is -0.167. The molecule has 5 heteroatoms. The van der Waals surface area contributed by atoms with Gasteiger partial charge in [-0.1, -0.05) is 0 Å². The summed E-state index contributed by atoms with van der Waals surface area (Å²) in [6, 6.07) is 0. The minimum absolute atomic E-state index is 0. The van der Waals surface area contributed by atoms with E-state index in [4.69, 9.17) is 15.3 Å². The van der Waals surface area contributed by atoms with Crippen LogP contribution in [0.5, 0.6) is 0 Å². The second-order valence-corrected chi connectivity index (χ2v) is 2.13. The van der Waals surface area contributed by atoms with Gasteiger partial charge < -0.3 is 15.3 Å². The molecule has 2 atom stereocenters. The van der Waals surface area contributed by atoms with Gasteiger partial charge in [0.2, 0.25) is 0 Å². The van der Waals surface area contributed by atoms with Gasteiger partial charge in [-0.25, -0.2) is 4.79 Å². The summed E-state index contributed by atoms with van der Waals surface area (Å²) < 4.78 is 0. The van der Waals surface area contributed by atoms with E-state index in [1.807, 2.05) is 0 Å². The van der Waals surface area contributed by atoms with Crippen molar-refractivity contribution in [3.63, 3.8) is 0 Å². The number of aliphatic hydroxyl groups excluding tert-OH is 1. The molecule has 0 aliphatic carbocycles. The number of hydrogen-bond acceptors (Lipinski definition) is 3. The highest BCUT2D eigenvalue weighted by molar-refractivity contribution is 5.85. The summed E-state index contributed by atoms with van der Waals surface area (Å²) in [4.78, 5) is 10.1. The standard InChI is InChI=1S/C5H10O4.ClH/c1-3(6)5(2,9)4(7)8;/h3,6,9H,1-2H3,(H,7,8);1H. The zero-order valence-corrected chi connectivity index (χ0v) is 6.55. The van der Waals surface area contributed by atoms with Gasteiger partial charge in [0.05, 0.1) is 6.10 Å². The number of halogens is 1. The second kappa shape index (κ2) is 3.75. The molecule has 0 fully saturated rings. The van der Waals surface area contributed by atoms with Gasteiger partial charge in [-0.3, -0.25) is 0 Å². The molecular formula is C5H11ClO4. The van der Waals surface area contributed by atoms with Crippen LogP contribution in [0.15, 0.2) is 0 Å². The average Bonchev–Trinajstić information content (AvgIpc) is 1.65. The summed E-state index contributed by atoms with van der Waals surface area (Å²) >= 11 is 0. The second-order valence-electron chi connectivity index (χ2n) is 2.13. The van der Waals surface area contributed by atoms with E-state index in [1.54, 1.807) is 0 Å². The van der Waals surface area contributed by atoms with E-state index in [1.165, 1.54) is 6.92 Å². The molecule has 0 amide bonds. The van der Waals surface area contributed by atoms with Gasteiger partial charge in [0.15, 0.2) is 5.60 Å². The van der Waals surface area contributed by atoms with Gasteiger partial charge in [0.25, 0.3) is 0 Å². The van der Waals surface area contributed by atoms with E-state index in [2.05, 4.69) is 0 Å². The number of carboxylic acid groups (broad SMARTS) is 1. The third-order valence-corrected chi connectivity index (χ3v) is 1.25. The van der Waals surface area contributed by atoms with Gasteiger partial charge in [-0.05, 0) is 13.8 Å². The molecule has 0 radical (unpaired) electrons. The fourth-order valence-electron chi connectivity index (χ4n) is 0.179. The van der Waals surface area contributed by atoms with Crippen LogP contribution < -0.4 is 0 Å². The maximum Gasteiger partial charge on any atom is 0.338 e. The summed E-state index contributed by atoms with van der Waals surface area (Å²) in [7, 11) is 0. The Bertz CT molecular complexity index is 121. The molecule has 10 heavy (non-hydrogen) atoms.